The van der Waals surface area contributed by atoms with Crippen molar-refractivity contribution in [3.05, 3.63) is 0 Å². The van der Waals surface area contributed by atoms with Gasteiger partial charge in [-0.2, -0.15) is 0 Å². The Morgan fingerprint density at radius 2 is 2.00 bits per heavy atom. The number of hydrogen-bond donors (Lipinski definition) is 2. The van der Waals surface area contributed by atoms with Crippen LogP contribution in [0.15, 0.2) is 5.16 Å². The fraction of sp³-hybridized carbons (Fsp3) is 0.909. The van der Waals surface area contributed by atoms with Gasteiger partial charge in [-0.25, -0.2) is 0 Å². The molecule has 4 heteroatoms. The second kappa shape index (κ2) is 4.84. The highest BCUT2D eigenvalue weighted by Crippen LogP contribution is 2.30. The smallest absolute Gasteiger partial charge is 0.140 e. The second-order valence-electron chi connectivity index (χ2n) is 5.34. The summed E-state index contributed by atoms with van der Waals surface area (Å²) in [5, 5.41) is 11.5. The van der Waals surface area contributed by atoms with Gasteiger partial charge in [-0.15, -0.1) is 0 Å². The summed E-state index contributed by atoms with van der Waals surface area (Å²) in [6.07, 6.45) is 3.11. The minimum Gasteiger partial charge on any atom is -0.409 e. The Morgan fingerprint density at radius 3 is 2.47 bits per heavy atom. The van der Waals surface area contributed by atoms with E-state index in [4.69, 9.17) is 10.9 Å². The minimum absolute atomic E-state index is 0.326. The largest absolute Gasteiger partial charge is 0.409 e. The van der Waals surface area contributed by atoms with E-state index in [0.29, 0.717) is 23.7 Å². The number of piperidine rings is 1. The molecule has 1 saturated heterocycles. The van der Waals surface area contributed by atoms with Gasteiger partial charge >= 0.3 is 0 Å². The monoisotopic (exact) mass is 213 g/mol. The molecule has 0 radical (unpaired) electrons. The summed E-state index contributed by atoms with van der Waals surface area (Å²) in [5.41, 5.74) is 5.99. The third kappa shape index (κ3) is 3.70. The molecule has 1 heterocycles. The van der Waals surface area contributed by atoms with Gasteiger partial charge in [0.15, 0.2) is 0 Å². The molecule has 1 fully saturated rings. The molecule has 0 saturated carbocycles. The van der Waals surface area contributed by atoms with Crippen molar-refractivity contribution in [1.82, 2.24) is 4.90 Å². The molecule has 0 aromatic carbocycles. The van der Waals surface area contributed by atoms with Crippen molar-refractivity contribution in [2.45, 2.75) is 46.1 Å². The van der Waals surface area contributed by atoms with E-state index in [1.54, 1.807) is 0 Å². The maximum absolute atomic E-state index is 8.51. The molecule has 1 aliphatic rings. The Hall–Kier alpha value is -0.770. The van der Waals surface area contributed by atoms with Crippen LogP contribution >= 0.6 is 0 Å². The number of rotatable bonds is 3. The second-order valence-corrected chi connectivity index (χ2v) is 5.34. The van der Waals surface area contributed by atoms with E-state index < -0.39 is 0 Å². The van der Waals surface area contributed by atoms with Crippen molar-refractivity contribution in [3.8, 4) is 0 Å². The highest BCUT2D eigenvalue weighted by atomic mass is 16.4. The third-order valence-electron chi connectivity index (χ3n) is 3.41. The molecule has 1 aliphatic heterocycles. The zero-order valence-electron chi connectivity index (χ0n) is 10.0. The minimum atomic E-state index is 0.326. The van der Waals surface area contributed by atoms with E-state index in [1.165, 1.54) is 12.8 Å². The summed E-state index contributed by atoms with van der Waals surface area (Å²) >= 11 is 0. The summed E-state index contributed by atoms with van der Waals surface area (Å²) in [6.45, 7) is 9.01. The molecule has 1 atom stereocenters. The van der Waals surface area contributed by atoms with Crippen molar-refractivity contribution < 1.29 is 5.21 Å². The Kier molecular flexibility index (Phi) is 3.97. The van der Waals surface area contributed by atoms with Crippen LogP contribution in [0.3, 0.4) is 0 Å². The van der Waals surface area contributed by atoms with Crippen LogP contribution in [0.5, 0.6) is 0 Å². The third-order valence-corrected chi connectivity index (χ3v) is 3.41. The Morgan fingerprint density at radius 1 is 1.47 bits per heavy atom. The number of hydrogen-bond acceptors (Lipinski definition) is 3. The molecule has 88 valence electrons. The predicted molar refractivity (Wildman–Crippen MR) is 62.1 cm³/mol. The van der Waals surface area contributed by atoms with Gasteiger partial charge in [0.05, 0.1) is 0 Å². The lowest BCUT2D eigenvalue weighted by Gasteiger charge is -2.39. The number of nitrogens with two attached hydrogens (primary N) is 1. The van der Waals surface area contributed by atoms with Crippen molar-refractivity contribution in [2.24, 2.45) is 16.3 Å². The molecule has 15 heavy (non-hydrogen) atoms. The Balaban J connectivity index is 2.39. The van der Waals surface area contributed by atoms with E-state index in [-0.39, 0.29) is 0 Å². The Labute approximate surface area is 92.1 Å². The highest BCUT2D eigenvalue weighted by Gasteiger charge is 2.27. The molecular weight excluding hydrogens is 190 g/mol. The van der Waals surface area contributed by atoms with Gasteiger partial charge in [-0.1, -0.05) is 19.0 Å². The van der Waals surface area contributed by atoms with E-state index in [1.807, 2.05) is 0 Å². The average molecular weight is 213 g/mol. The van der Waals surface area contributed by atoms with Crippen LogP contribution < -0.4 is 5.73 Å². The first-order valence-corrected chi connectivity index (χ1v) is 5.65. The first-order valence-electron chi connectivity index (χ1n) is 5.65. The van der Waals surface area contributed by atoms with Gasteiger partial charge in [0, 0.05) is 12.5 Å². The SMILES string of the molecule is CC(CC(N)=NO)N1CCC(C)(C)CC1. The molecule has 0 spiro atoms. The van der Waals surface area contributed by atoms with Crippen molar-refractivity contribution in [2.75, 3.05) is 13.1 Å². The first-order chi connectivity index (χ1) is 6.94. The van der Waals surface area contributed by atoms with Gasteiger partial charge in [0.2, 0.25) is 0 Å². The lowest BCUT2D eigenvalue weighted by molar-refractivity contribution is 0.102. The molecule has 0 aromatic heterocycles. The van der Waals surface area contributed by atoms with Crippen LogP contribution in [-0.4, -0.2) is 35.1 Å². The van der Waals surface area contributed by atoms with Crippen LogP contribution in [0.25, 0.3) is 0 Å². The van der Waals surface area contributed by atoms with Crippen molar-refractivity contribution in [1.29, 1.82) is 0 Å². The number of oxime groups is 1. The fourth-order valence-electron chi connectivity index (χ4n) is 2.04. The van der Waals surface area contributed by atoms with Crippen LogP contribution in [0.2, 0.25) is 0 Å². The maximum atomic E-state index is 8.51. The molecule has 0 aliphatic carbocycles. The Bertz CT molecular complexity index is 228. The van der Waals surface area contributed by atoms with Crippen LogP contribution in [0.1, 0.15) is 40.0 Å². The molecule has 1 unspecified atom stereocenters. The topological polar surface area (TPSA) is 61.9 Å². The summed E-state index contributed by atoms with van der Waals surface area (Å²) < 4.78 is 0. The lowest BCUT2D eigenvalue weighted by atomic mass is 9.82. The molecule has 3 N–H and O–H groups in total. The molecule has 0 aromatic rings. The van der Waals surface area contributed by atoms with E-state index in [9.17, 15) is 0 Å². The maximum Gasteiger partial charge on any atom is 0.140 e. The summed E-state index contributed by atoms with van der Waals surface area (Å²) in [5.74, 6) is 0.326. The fourth-order valence-corrected chi connectivity index (χ4v) is 2.04. The summed E-state index contributed by atoms with van der Waals surface area (Å²) in [6, 6.07) is 0.372. The van der Waals surface area contributed by atoms with Gasteiger partial charge < -0.3 is 15.8 Å². The van der Waals surface area contributed by atoms with Gasteiger partial charge in [0.1, 0.15) is 5.84 Å². The summed E-state index contributed by atoms with van der Waals surface area (Å²) in [4.78, 5) is 2.42. The normalized spacial score (nSPS) is 25.1. The molecule has 4 nitrogen and oxygen atoms in total. The van der Waals surface area contributed by atoms with Gasteiger partial charge in [-0.3, -0.25) is 0 Å². The highest BCUT2D eigenvalue weighted by molar-refractivity contribution is 5.80. The first kappa shape index (κ1) is 12.3. The molecular formula is C11H23N3O. The quantitative estimate of drug-likeness (QED) is 0.324. The number of nitrogens with zero attached hydrogens (tertiary/aromatic N) is 2. The van der Waals surface area contributed by atoms with E-state index in [0.717, 1.165) is 13.1 Å². The lowest BCUT2D eigenvalue weighted by Crippen LogP contribution is -2.43. The molecule has 0 bridgehead atoms. The molecule has 1 rings (SSSR count). The standard InChI is InChI=1S/C11H23N3O/c1-9(8-10(12)13-15)14-6-4-11(2,3)5-7-14/h9,15H,4-8H2,1-3H3,(H2,12,13). The van der Waals surface area contributed by atoms with Crippen LogP contribution in [0.4, 0.5) is 0 Å². The van der Waals surface area contributed by atoms with E-state index in [2.05, 4.69) is 30.8 Å². The summed E-state index contributed by atoms with van der Waals surface area (Å²) in [7, 11) is 0. The zero-order valence-corrected chi connectivity index (χ0v) is 10.0. The van der Waals surface area contributed by atoms with Crippen molar-refractivity contribution >= 4 is 5.84 Å². The number of likely N-dealkylation sites (tertiary alicyclic amines) is 1. The van der Waals surface area contributed by atoms with E-state index >= 15 is 0 Å². The van der Waals surface area contributed by atoms with Crippen LogP contribution in [-0.2, 0) is 0 Å². The average Bonchev–Trinajstić information content (AvgIpc) is 2.17. The predicted octanol–water partition coefficient (Wildman–Crippen LogP) is 1.63. The van der Waals surface area contributed by atoms with Gasteiger partial charge in [-0.05, 0) is 38.3 Å². The number of amidine groups is 1. The zero-order chi connectivity index (χ0) is 11.5. The van der Waals surface area contributed by atoms with Gasteiger partial charge in [0.25, 0.3) is 0 Å². The molecule has 0 amide bonds. The van der Waals surface area contributed by atoms with Crippen molar-refractivity contribution in [3.63, 3.8) is 0 Å². The van der Waals surface area contributed by atoms with Crippen LogP contribution in [0, 0.1) is 5.41 Å².